The van der Waals surface area contributed by atoms with Crippen molar-refractivity contribution in [1.82, 2.24) is 10.3 Å². The maximum atomic E-state index is 12.5. The second-order valence-corrected chi connectivity index (χ2v) is 7.60. The fourth-order valence-corrected chi connectivity index (χ4v) is 2.89. The highest BCUT2D eigenvalue weighted by molar-refractivity contribution is 5.92. The number of carbonyl (C=O) groups is 1. The molecule has 1 aromatic rings. The van der Waals surface area contributed by atoms with Crippen LogP contribution < -0.4 is 10.1 Å². The van der Waals surface area contributed by atoms with Gasteiger partial charge in [-0.05, 0) is 55.9 Å². The average Bonchev–Trinajstić information content (AvgIpc) is 3.45. The summed E-state index contributed by atoms with van der Waals surface area (Å²) >= 11 is 0. The number of nitrogens with one attached hydrogen (secondary N) is 1. The molecule has 2 N–H and O–H groups in total. The summed E-state index contributed by atoms with van der Waals surface area (Å²) in [7, 11) is 0. The van der Waals surface area contributed by atoms with E-state index in [0.717, 1.165) is 12.0 Å². The molecule has 1 unspecified atom stereocenters. The van der Waals surface area contributed by atoms with Crippen LogP contribution in [0.5, 0.6) is 5.88 Å². The molecule has 24 heavy (non-hydrogen) atoms. The molecule has 132 valence electrons. The number of hydrogen-bond acceptors (Lipinski definition) is 4. The van der Waals surface area contributed by atoms with Gasteiger partial charge < -0.3 is 15.2 Å². The SMILES string of the molecule is CC(C)CC(CO)NC(=O)c1ccc(C2CC2)c(OCC2CC2)n1. The molecule has 0 radical (unpaired) electrons. The summed E-state index contributed by atoms with van der Waals surface area (Å²) < 4.78 is 5.91. The maximum absolute atomic E-state index is 12.5. The summed E-state index contributed by atoms with van der Waals surface area (Å²) in [6.07, 6.45) is 5.55. The van der Waals surface area contributed by atoms with Gasteiger partial charge >= 0.3 is 0 Å². The zero-order valence-electron chi connectivity index (χ0n) is 14.6. The monoisotopic (exact) mass is 332 g/mol. The number of aliphatic hydroxyl groups is 1. The van der Waals surface area contributed by atoms with Crippen molar-refractivity contribution in [2.75, 3.05) is 13.2 Å². The van der Waals surface area contributed by atoms with Crippen molar-refractivity contribution in [2.24, 2.45) is 11.8 Å². The van der Waals surface area contributed by atoms with Crippen molar-refractivity contribution < 1.29 is 14.6 Å². The number of nitrogens with zero attached hydrogens (tertiary/aromatic N) is 1. The smallest absolute Gasteiger partial charge is 0.270 e. The first kappa shape index (κ1) is 17.2. The van der Waals surface area contributed by atoms with Crippen molar-refractivity contribution in [2.45, 2.75) is 57.9 Å². The minimum Gasteiger partial charge on any atom is -0.477 e. The molecule has 1 aromatic heterocycles. The first-order valence-corrected chi connectivity index (χ1v) is 9.12. The summed E-state index contributed by atoms with van der Waals surface area (Å²) in [6, 6.07) is 3.52. The molecule has 3 rings (SSSR count). The molecule has 2 saturated carbocycles. The van der Waals surface area contributed by atoms with E-state index >= 15 is 0 Å². The highest BCUT2D eigenvalue weighted by Crippen LogP contribution is 2.44. The van der Waals surface area contributed by atoms with Crippen molar-refractivity contribution >= 4 is 5.91 Å². The van der Waals surface area contributed by atoms with Crippen LogP contribution >= 0.6 is 0 Å². The van der Waals surface area contributed by atoms with Crippen molar-refractivity contribution in [3.63, 3.8) is 0 Å². The quantitative estimate of drug-likeness (QED) is 0.729. The number of ether oxygens (including phenoxy) is 1. The van der Waals surface area contributed by atoms with Crippen LogP contribution in [0.15, 0.2) is 12.1 Å². The van der Waals surface area contributed by atoms with E-state index in [2.05, 4.69) is 24.1 Å². The Kier molecular flexibility index (Phi) is 5.39. The van der Waals surface area contributed by atoms with Crippen molar-refractivity contribution in [3.05, 3.63) is 23.4 Å². The van der Waals surface area contributed by atoms with Gasteiger partial charge in [0.05, 0.1) is 19.3 Å². The molecule has 5 heteroatoms. The number of amides is 1. The van der Waals surface area contributed by atoms with Crippen molar-refractivity contribution in [3.8, 4) is 5.88 Å². The Labute approximate surface area is 143 Å². The van der Waals surface area contributed by atoms with Gasteiger partial charge in [-0.15, -0.1) is 0 Å². The molecule has 5 nitrogen and oxygen atoms in total. The van der Waals surface area contributed by atoms with Crippen LogP contribution in [-0.4, -0.2) is 35.3 Å². The molecule has 0 aliphatic heterocycles. The van der Waals surface area contributed by atoms with Crippen LogP contribution in [0.2, 0.25) is 0 Å². The van der Waals surface area contributed by atoms with Crippen LogP contribution in [0, 0.1) is 11.8 Å². The third-order valence-electron chi connectivity index (χ3n) is 4.60. The van der Waals surface area contributed by atoms with Gasteiger partial charge in [-0.2, -0.15) is 0 Å². The Balaban J connectivity index is 1.69. The maximum Gasteiger partial charge on any atom is 0.270 e. The van der Waals surface area contributed by atoms with Gasteiger partial charge in [0.2, 0.25) is 5.88 Å². The summed E-state index contributed by atoms with van der Waals surface area (Å²) in [4.78, 5) is 16.9. The lowest BCUT2D eigenvalue weighted by atomic mass is 10.0. The van der Waals surface area contributed by atoms with Gasteiger partial charge in [-0.25, -0.2) is 4.98 Å². The molecule has 1 atom stereocenters. The summed E-state index contributed by atoms with van der Waals surface area (Å²) in [5.74, 6) is 1.98. The fraction of sp³-hybridized carbons (Fsp3) is 0.684. The Morgan fingerprint density at radius 2 is 2.08 bits per heavy atom. The number of rotatable bonds is 9. The molecule has 2 fully saturated rings. The topological polar surface area (TPSA) is 71.5 Å². The minimum atomic E-state index is -0.242. The normalized spacial score (nSPS) is 18.5. The number of aliphatic hydroxyl groups excluding tert-OH is 1. The first-order valence-electron chi connectivity index (χ1n) is 9.12. The van der Waals surface area contributed by atoms with Gasteiger partial charge in [-0.1, -0.05) is 19.9 Å². The standard InChI is InChI=1S/C19H28N2O3/c1-12(2)9-15(10-22)20-18(23)17-8-7-16(14-5-6-14)19(21-17)24-11-13-3-4-13/h7-8,12-15,22H,3-6,9-11H2,1-2H3,(H,20,23). The lowest BCUT2D eigenvalue weighted by Gasteiger charge is -2.18. The van der Waals surface area contributed by atoms with E-state index in [1.165, 1.54) is 25.7 Å². The zero-order valence-corrected chi connectivity index (χ0v) is 14.6. The van der Waals surface area contributed by atoms with E-state index in [1.807, 2.05) is 6.07 Å². The average molecular weight is 332 g/mol. The molecular formula is C19H28N2O3. The lowest BCUT2D eigenvalue weighted by Crippen LogP contribution is -2.38. The zero-order chi connectivity index (χ0) is 17.1. The third-order valence-corrected chi connectivity index (χ3v) is 4.60. The van der Waals surface area contributed by atoms with Crippen LogP contribution in [0.3, 0.4) is 0 Å². The van der Waals surface area contributed by atoms with Crippen LogP contribution in [-0.2, 0) is 0 Å². The molecular weight excluding hydrogens is 304 g/mol. The second kappa shape index (κ2) is 7.51. The van der Waals surface area contributed by atoms with E-state index in [4.69, 9.17) is 4.74 Å². The Morgan fingerprint density at radius 3 is 2.67 bits per heavy atom. The lowest BCUT2D eigenvalue weighted by molar-refractivity contribution is 0.0902. The Morgan fingerprint density at radius 1 is 1.33 bits per heavy atom. The van der Waals surface area contributed by atoms with E-state index in [-0.39, 0.29) is 18.6 Å². The highest BCUT2D eigenvalue weighted by Gasteiger charge is 2.30. The molecule has 0 bridgehead atoms. The fourth-order valence-electron chi connectivity index (χ4n) is 2.89. The van der Waals surface area contributed by atoms with Crippen LogP contribution in [0.4, 0.5) is 0 Å². The molecule has 0 aromatic carbocycles. The summed E-state index contributed by atoms with van der Waals surface area (Å²) in [5.41, 5.74) is 1.50. The highest BCUT2D eigenvalue weighted by atomic mass is 16.5. The van der Waals surface area contributed by atoms with Crippen molar-refractivity contribution in [1.29, 1.82) is 0 Å². The molecule has 1 heterocycles. The number of aromatic nitrogens is 1. The Bertz CT molecular complexity index is 580. The summed E-state index contributed by atoms with van der Waals surface area (Å²) in [6.45, 7) is 4.78. The molecule has 0 saturated heterocycles. The van der Waals surface area contributed by atoms with E-state index < -0.39 is 0 Å². The molecule has 1 amide bonds. The largest absolute Gasteiger partial charge is 0.477 e. The minimum absolute atomic E-state index is 0.0604. The predicted molar refractivity (Wildman–Crippen MR) is 92.2 cm³/mol. The van der Waals surface area contributed by atoms with Crippen LogP contribution in [0.25, 0.3) is 0 Å². The van der Waals surface area contributed by atoms with E-state index in [9.17, 15) is 9.90 Å². The number of pyridine rings is 1. The van der Waals surface area contributed by atoms with E-state index in [1.54, 1.807) is 6.07 Å². The molecule has 0 spiro atoms. The summed E-state index contributed by atoms with van der Waals surface area (Å²) in [5, 5.41) is 12.3. The molecule has 2 aliphatic rings. The Hall–Kier alpha value is -1.62. The first-order chi connectivity index (χ1) is 11.6. The van der Waals surface area contributed by atoms with Gasteiger partial charge in [0, 0.05) is 5.56 Å². The van der Waals surface area contributed by atoms with Gasteiger partial charge in [0.1, 0.15) is 5.69 Å². The van der Waals surface area contributed by atoms with Gasteiger partial charge in [0.25, 0.3) is 5.91 Å². The van der Waals surface area contributed by atoms with Gasteiger partial charge in [-0.3, -0.25) is 4.79 Å². The van der Waals surface area contributed by atoms with E-state index in [0.29, 0.717) is 35.9 Å². The number of hydrogen-bond donors (Lipinski definition) is 2. The predicted octanol–water partition coefficient (Wildman–Crippen LogP) is 2.88. The third kappa shape index (κ3) is 4.69. The second-order valence-electron chi connectivity index (χ2n) is 7.60. The van der Waals surface area contributed by atoms with Crippen LogP contribution in [0.1, 0.15) is 67.9 Å². The molecule has 2 aliphatic carbocycles. The van der Waals surface area contributed by atoms with Gasteiger partial charge in [0.15, 0.2) is 0 Å². The number of carbonyl (C=O) groups excluding carboxylic acids is 1.